The molecule has 1 rings (SSSR count). The SMILES string of the molecule is COc1cc(Cl)c(C)cc1NC(=O)C(C)O. The molecule has 0 heterocycles. The van der Waals surface area contributed by atoms with Crippen molar-refractivity contribution >= 4 is 23.2 Å². The van der Waals surface area contributed by atoms with Gasteiger partial charge in [0.05, 0.1) is 12.8 Å². The number of rotatable bonds is 3. The zero-order valence-electron chi connectivity index (χ0n) is 9.37. The third kappa shape index (κ3) is 2.87. The molecule has 0 aliphatic rings. The second kappa shape index (κ2) is 5.18. The highest BCUT2D eigenvalue weighted by Gasteiger charge is 2.13. The number of ether oxygens (including phenoxy) is 1. The van der Waals surface area contributed by atoms with Gasteiger partial charge in [-0.3, -0.25) is 4.79 Å². The Hall–Kier alpha value is -1.26. The fraction of sp³-hybridized carbons (Fsp3) is 0.364. The van der Waals surface area contributed by atoms with Gasteiger partial charge in [0.15, 0.2) is 0 Å². The number of benzene rings is 1. The molecule has 0 fully saturated rings. The van der Waals surface area contributed by atoms with Gasteiger partial charge in [-0.2, -0.15) is 0 Å². The summed E-state index contributed by atoms with van der Waals surface area (Å²) in [5.74, 6) is -0.0235. The molecule has 0 saturated carbocycles. The molecule has 1 amide bonds. The molecule has 0 bridgehead atoms. The Kier molecular flexibility index (Phi) is 4.15. The Labute approximate surface area is 99.2 Å². The number of aliphatic hydroxyl groups excluding tert-OH is 1. The molecule has 0 aliphatic heterocycles. The van der Waals surface area contributed by atoms with E-state index in [0.29, 0.717) is 16.5 Å². The van der Waals surface area contributed by atoms with E-state index in [-0.39, 0.29) is 0 Å². The summed E-state index contributed by atoms with van der Waals surface area (Å²) in [6, 6.07) is 3.32. The molecule has 1 unspecified atom stereocenters. The van der Waals surface area contributed by atoms with Crippen LogP contribution in [0.3, 0.4) is 0 Å². The molecular formula is C11H14ClNO3. The van der Waals surface area contributed by atoms with Gasteiger partial charge in [-0.05, 0) is 25.5 Å². The third-order valence-electron chi connectivity index (χ3n) is 2.12. The molecule has 0 spiro atoms. The zero-order chi connectivity index (χ0) is 12.3. The standard InChI is InChI=1S/C11H14ClNO3/c1-6-4-9(13-11(15)7(2)14)10(16-3)5-8(6)12/h4-5,7,14H,1-3H3,(H,13,15). The fourth-order valence-corrected chi connectivity index (χ4v) is 1.32. The number of methoxy groups -OCH3 is 1. The predicted molar refractivity (Wildman–Crippen MR) is 63.1 cm³/mol. The minimum Gasteiger partial charge on any atom is -0.495 e. The van der Waals surface area contributed by atoms with E-state index in [1.165, 1.54) is 14.0 Å². The molecule has 4 nitrogen and oxygen atoms in total. The highest BCUT2D eigenvalue weighted by molar-refractivity contribution is 6.31. The zero-order valence-corrected chi connectivity index (χ0v) is 10.1. The number of carbonyl (C=O) groups excluding carboxylic acids is 1. The van der Waals surface area contributed by atoms with Gasteiger partial charge in [0.2, 0.25) is 0 Å². The quantitative estimate of drug-likeness (QED) is 0.854. The van der Waals surface area contributed by atoms with Gasteiger partial charge >= 0.3 is 0 Å². The molecular weight excluding hydrogens is 230 g/mol. The Bertz CT molecular complexity index is 404. The summed E-state index contributed by atoms with van der Waals surface area (Å²) in [6.45, 7) is 3.21. The highest BCUT2D eigenvalue weighted by Crippen LogP contribution is 2.30. The van der Waals surface area contributed by atoms with Crippen molar-refractivity contribution in [3.8, 4) is 5.75 Å². The first kappa shape index (κ1) is 12.8. The summed E-state index contributed by atoms with van der Waals surface area (Å²) in [6.07, 6.45) is -1.07. The van der Waals surface area contributed by atoms with E-state index in [4.69, 9.17) is 21.4 Å². The van der Waals surface area contributed by atoms with Gasteiger partial charge < -0.3 is 15.2 Å². The highest BCUT2D eigenvalue weighted by atomic mass is 35.5. The van der Waals surface area contributed by atoms with Gasteiger partial charge in [-0.25, -0.2) is 0 Å². The van der Waals surface area contributed by atoms with Crippen molar-refractivity contribution in [2.75, 3.05) is 12.4 Å². The van der Waals surface area contributed by atoms with E-state index in [2.05, 4.69) is 5.32 Å². The third-order valence-corrected chi connectivity index (χ3v) is 2.53. The van der Waals surface area contributed by atoms with Crippen molar-refractivity contribution in [2.24, 2.45) is 0 Å². The minimum atomic E-state index is -1.07. The predicted octanol–water partition coefficient (Wildman–Crippen LogP) is 1.98. The van der Waals surface area contributed by atoms with Crippen LogP contribution in [0.4, 0.5) is 5.69 Å². The van der Waals surface area contributed by atoms with E-state index < -0.39 is 12.0 Å². The normalized spacial score (nSPS) is 12.1. The first-order chi connectivity index (χ1) is 7.45. The van der Waals surface area contributed by atoms with Crippen LogP contribution in [0, 0.1) is 6.92 Å². The molecule has 1 aromatic rings. The first-order valence-corrected chi connectivity index (χ1v) is 5.16. The molecule has 0 aromatic heterocycles. The van der Waals surface area contributed by atoms with Crippen LogP contribution in [0.25, 0.3) is 0 Å². The van der Waals surface area contributed by atoms with Crippen LogP contribution in [0.5, 0.6) is 5.75 Å². The van der Waals surface area contributed by atoms with E-state index in [1.54, 1.807) is 12.1 Å². The lowest BCUT2D eigenvalue weighted by molar-refractivity contribution is -0.123. The van der Waals surface area contributed by atoms with Crippen molar-refractivity contribution in [1.29, 1.82) is 0 Å². The van der Waals surface area contributed by atoms with Crippen molar-refractivity contribution in [3.63, 3.8) is 0 Å². The largest absolute Gasteiger partial charge is 0.495 e. The van der Waals surface area contributed by atoms with Crippen molar-refractivity contribution in [3.05, 3.63) is 22.7 Å². The smallest absolute Gasteiger partial charge is 0.253 e. The number of aryl methyl sites for hydroxylation is 1. The number of hydrogen-bond acceptors (Lipinski definition) is 3. The molecule has 88 valence electrons. The van der Waals surface area contributed by atoms with Crippen LogP contribution in [0.1, 0.15) is 12.5 Å². The maximum absolute atomic E-state index is 11.3. The molecule has 1 atom stereocenters. The maximum atomic E-state index is 11.3. The Morgan fingerprint density at radius 3 is 2.69 bits per heavy atom. The van der Waals surface area contributed by atoms with Gasteiger partial charge in [-0.15, -0.1) is 0 Å². The maximum Gasteiger partial charge on any atom is 0.253 e. The second-order valence-electron chi connectivity index (χ2n) is 3.47. The summed E-state index contributed by atoms with van der Waals surface area (Å²) in [4.78, 5) is 11.3. The van der Waals surface area contributed by atoms with Gasteiger partial charge in [0.25, 0.3) is 5.91 Å². The van der Waals surface area contributed by atoms with Gasteiger partial charge in [-0.1, -0.05) is 11.6 Å². The lowest BCUT2D eigenvalue weighted by Crippen LogP contribution is -2.24. The molecule has 1 aromatic carbocycles. The van der Waals surface area contributed by atoms with Crippen LogP contribution in [0.2, 0.25) is 5.02 Å². The number of aliphatic hydroxyl groups is 1. The van der Waals surface area contributed by atoms with Crippen molar-refractivity contribution < 1.29 is 14.6 Å². The van der Waals surface area contributed by atoms with E-state index in [1.807, 2.05) is 6.92 Å². The van der Waals surface area contributed by atoms with Crippen molar-refractivity contribution in [1.82, 2.24) is 0 Å². The molecule has 0 saturated heterocycles. The van der Waals surface area contributed by atoms with E-state index in [0.717, 1.165) is 5.56 Å². The van der Waals surface area contributed by atoms with Gasteiger partial charge in [0.1, 0.15) is 11.9 Å². The van der Waals surface area contributed by atoms with Crippen LogP contribution in [-0.2, 0) is 4.79 Å². The molecule has 0 aliphatic carbocycles. The lowest BCUT2D eigenvalue weighted by atomic mass is 10.2. The van der Waals surface area contributed by atoms with E-state index in [9.17, 15) is 4.79 Å². The van der Waals surface area contributed by atoms with Crippen molar-refractivity contribution in [2.45, 2.75) is 20.0 Å². The molecule has 16 heavy (non-hydrogen) atoms. The average Bonchev–Trinajstić information content (AvgIpc) is 2.22. The summed E-state index contributed by atoms with van der Waals surface area (Å²) in [7, 11) is 1.49. The van der Waals surface area contributed by atoms with Crippen LogP contribution in [0.15, 0.2) is 12.1 Å². The molecule has 5 heteroatoms. The summed E-state index contributed by atoms with van der Waals surface area (Å²) >= 11 is 5.92. The number of nitrogens with one attached hydrogen (secondary N) is 1. The Balaban J connectivity index is 3.03. The second-order valence-corrected chi connectivity index (χ2v) is 3.87. The number of amides is 1. The fourth-order valence-electron chi connectivity index (χ4n) is 1.17. The number of carbonyl (C=O) groups is 1. The minimum absolute atomic E-state index is 0.463. The monoisotopic (exact) mass is 243 g/mol. The Morgan fingerprint density at radius 1 is 1.56 bits per heavy atom. The summed E-state index contributed by atoms with van der Waals surface area (Å²) in [5, 5.41) is 12.2. The molecule has 2 N–H and O–H groups in total. The van der Waals surface area contributed by atoms with Crippen LogP contribution >= 0.6 is 11.6 Å². The van der Waals surface area contributed by atoms with E-state index >= 15 is 0 Å². The number of halogens is 1. The first-order valence-electron chi connectivity index (χ1n) is 4.78. The average molecular weight is 244 g/mol. The Morgan fingerprint density at radius 2 is 2.19 bits per heavy atom. The summed E-state index contributed by atoms with van der Waals surface area (Å²) < 4.78 is 5.08. The van der Waals surface area contributed by atoms with Crippen LogP contribution < -0.4 is 10.1 Å². The molecule has 0 radical (unpaired) electrons. The number of anilines is 1. The van der Waals surface area contributed by atoms with Crippen LogP contribution in [-0.4, -0.2) is 24.2 Å². The number of hydrogen-bond donors (Lipinski definition) is 2. The topological polar surface area (TPSA) is 58.6 Å². The summed E-state index contributed by atoms with van der Waals surface area (Å²) in [5.41, 5.74) is 1.32. The van der Waals surface area contributed by atoms with Gasteiger partial charge in [0, 0.05) is 11.1 Å². The lowest BCUT2D eigenvalue weighted by Gasteiger charge is -2.13.